The number of anilines is 1. The predicted molar refractivity (Wildman–Crippen MR) is 109 cm³/mol. The van der Waals surface area contributed by atoms with Crippen molar-refractivity contribution in [2.75, 3.05) is 18.1 Å². The fourth-order valence-electron chi connectivity index (χ4n) is 3.35. The van der Waals surface area contributed by atoms with E-state index in [1.807, 2.05) is 43.3 Å². The van der Waals surface area contributed by atoms with Crippen molar-refractivity contribution >= 4 is 34.9 Å². The molecule has 4 nitrogen and oxygen atoms in total. The van der Waals surface area contributed by atoms with E-state index in [1.54, 1.807) is 6.07 Å². The summed E-state index contributed by atoms with van der Waals surface area (Å²) in [5.41, 5.74) is 1.94. The van der Waals surface area contributed by atoms with E-state index in [0.717, 1.165) is 36.4 Å². The zero-order valence-electron chi connectivity index (χ0n) is 15.3. The molecule has 1 fully saturated rings. The smallest absolute Gasteiger partial charge is 0.307 e. The first kappa shape index (κ1) is 19.8. The van der Waals surface area contributed by atoms with Crippen molar-refractivity contribution in [3.05, 3.63) is 58.1 Å². The van der Waals surface area contributed by atoms with Gasteiger partial charge in [0.1, 0.15) is 12.4 Å². The highest BCUT2D eigenvalue weighted by molar-refractivity contribution is 6.42. The van der Waals surface area contributed by atoms with Crippen molar-refractivity contribution in [3.8, 4) is 5.75 Å². The van der Waals surface area contributed by atoms with Gasteiger partial charge < -0.3 is 14.4 Å². The van der Waals surface area contributed by atoms with Crippen molar-refractivity contribution in [3.63, 3.8) is 0 Å². The number of carbonyl (C=O) groups is 1. The number of nitrogens with zero attached hydrogens (tertiary/aromatic N) is 1. The van der Waals surface area contributed by atoms with Crippen molar-refractivity contribution in [1.82, 2.24) is 0 Å². The summed E-state index contributed by atoms with van der Waals surface area (Å²) in [6, 6.07) is 13.6. The summed E-state index contributed by atoms with van der Waals surface area (Å²) in [5.74, 6) is 0.628. The second-order valence-corrected chi connectivity index (χ2v) is 7.28. The van der Waals surface area contributed by atoms with Crippen molar-refractivity contribution in [2.45, 2.75) is 38.8 Å². The number of halogens is 2. The number of ether oxygens (including phenoxy) is 2. The van der Waals surface area contributed by atoms with Crippen LogP contribution in [0.25, 0.3) is 0 Å². The van der Waals surface area contributed by atoms with Crippen LogP contribution >= 0.6 is 23.2 Å². The molecular weight excluding hydrogens is 385 g/mol. The average molecular weight is 408 g/mol. The Labute approximate surface area is 170 Å². The molecule has 3 rings (SSSR count). The highest BCUT2D eigenvalue weighted by Gasteiger charge is 2.27. The molecule has 0 bridgehead atoms. The highest BCUT2D eigenvalue weighted by atomic mass is 35.5. The Bertz CT molecular complexity index is 779. The van der Waals surface area contributed by atoms with Crippen molar-refractivity contribution in [1.29, 1.82) is 0 Å². The third-order valence-corrected chi connectivity index (χ3v) is 5.54. The van der Waals surface area contributed by atoms with Crippen molar-refractivity contribution in [2.24, 2.45) is 0 Å². The summed E-state index contributed by atoms with van der Waals surface area (Å²) < 4.78 is 10.9. The molecule has 0 radical (unpaired) electrons. The van der Waals surface area contributed by atoms with Gasteiger partial charge in [-0.25, -0.2) is 0 Å². The zero-order valence-corrected chi connectivity index (χ0v) is 16.8. The van der Waals surface area contributed by atoms with Crippen LogP contribution in [0.1, 0.15) is 31.7 Å². The summed E-state index contributed by atoms with van der Waals surface area (Å²) in [6.07, 6.45) is 2.51. The Hall–Kier alpha value is -1.91. The van der Waals surface area contributed by atoms with Gasteiger partial charge in [0.05, 0.1) is 23.1 Å². The Morgan fingerprint density at radius 2 is 1.96 bits per heavy atom. The molecule has 1 atom stereocenters. The van der Waals surface area contributed by atoms with Crippen LogP contribution in [0.2, 0.25) is 10.0 Å². The van der Waals surface area contributed by atoms with Crippen LogP contribution < -0.4 is 9.64 Å². The van der Waals surface area contributed by atoms with Crippen LogP contribution in [-0.4, -0.2) is 25.2 Å². The third-order valence-electron chi connectivity index (χ3n) is 4.68. The molecule has 144 valence electrons. The number of esters is 1. The van der Waals surface area contributed by atoms with Gasteiger partial charge >= 0.3 is 5.97 Å². The predicted octanol–water partition coefficient (Wildman–Crippen LogP) is 5.49. The molecule has 2 aromatic carbocycles. The molecule has 0 spiro atoms. The van der Waals surface area contributed by atoms with Crippen LogP contribution in [0.3, 0.4) is 0 Å². The van der Waals surface area contributed by atoms with Gasteiger partial charge in [-0.15, -0.1) is 0 Å². The maximum atomic E-state index is 11.8. The number of rotatable bonds is 7. The first-order chi connectivity index (χ1) is 13.1. The first-order valence-corrected chi connectivity index (χ1v) is 9.92. The maximum Gasteiger partial charge on any atom is 0.307 e. The molecular formula is C21H23Cl2NO3. The molecule has 27 heavy (non-hydrogen) atoms. The van der Waals surface area contributed by atoms with Crippen LogP contribution in [-0.2, 0) is 16.1 Å². The molecule has 2 aromatic rings. The number of benzene rings is 2. The minimum absolute atomic E-state index is 0.132. The van der Waals surface area contributed by atoms with E-state index in [4.69, 9.17) is 32.7 Å². The van der Waals surface area contributed by atoms with E-state index in [2.05, 4.69) is 4.90 Å². The Kier molecular flexibility index (Phi) is 6.86. The fourth-order valence-corrected chi connectivity index (χ4v) is 3.73. The number of hydrogen-bond donors (Lipinski definition) is 0. The lowest BCUT2D eigenvalue weighted by Crippen LogP contribution is -2.31. The SMILES string of the molecule is CCOC(=O)CC1CCCN1c1ccc(OCc2cccc(Cl)c2Cl)cc1. The quantitative estimate of drug-likeness (QED) is 0.568. The summed E-state index contributed by atoms with van der Waals surface area (Å²) in [4.78, 5) is 14.1. The summed E-state index contributed by atoms with van der Waals surface area (Å²) in [6.45, 7) is 3.56. The second kappa shape index (κ2) is 9.34. The fraction of sp³-hybridized carbons (Fsp3) is 0.381. The van der Waals surface area contributed by atoms with Crippen LogP contribution in [0, 0.1) is 0 Å². The van der Waals surface area contributed by atoms with Crippen LogP contribution in [0.4, 0.5) is 5.69 Å². The lowest BCUT2D eigenvalue weighted by molar-refractivity contribution is -0.143. The molecule has 6 heteroatoms. The van der Waals surface area contributed by atoms with Gasteiger partial charge in [-0.05, 0) is 50.1 Å². The average Bonchev–Trinajstić information content (AvgIpc) is 3.11. The Morgan fingerprint density at radius 3 is 2.70 bits per heavy atom. The van der Waals surface area contributed by atoms with E-state index in [0.29, 0.717) is 29.7 Å². The minimum Gasteiger partial charge on any atom is -0.489 e. The summed E-state index contributed by atoms with van der Waals surface area (Å²) >= 11 is 12.2. The van der Waals surface area contributed by atoms with E-state index >= 15 is 0 Å². The molecule has 0 N–H and O–H groups in total. The largest absolute Gasteiger partial charge is 0.489 e. The van der Waals surface area contributed by atoms with Gasteiger partial charge in [-0.1, -0.05) is 35.3 Å². The minimum atomic E-state index is -0.132. The van der Waals surface area contributed by atoms with Gasteiger partial charge in [0, 0.05) is 23.8 Å². The maximum absolute atomic E-state index is 11.8. The second-order valence-electron chi connectivity index (χ2n) is 6.49. The molecule has 0 aliphatic carbocycles. The molecule has 0 saturated carbocycles. The van der Waals surface area contributed by atoms with E-state index in [9.17, 15) is 4.79 Å². The summed E-state index contributed by atoms with van der Waals surface area (Å²) in [5, 5.41) is 1.05. The molecule has 0 amide bonds. The molecule has 1 unspecified atom stereocenters. The van der Waals surface area contributed by atoms with Gasteiger partial charge in [0.2, 0.25) is 0 Å². The Morgan fingerprint density at radius 1 is 1.19 bits per heavy atom. The highest BCUT2D eigenvalue weighted by Crippen LogP contribution is 2.30. The van der Waals surface area contributed by atoms with E-state index < -0.39 is 0 Å². The number of carbonyl (C=O) groups excluding carboxylic acids is 1. The standard InChI is InChI=1S/C21H23Cl2NO3/c1-2-26-20(25)13-17-6-4-12-24(17)16-8-10-18(11-9-16)27-14-15-5-3-7-19(22)21(15)23/h3,5,7-11,17H,2,4,6,12-14H2,1H3. The van der Waals surface area contributed by atoms with Gasteiger partial charge in [0.15, 0.2) is 0 Å². The molecule has 0 aromatic heterocycles. The van der Waals surface area contributed by atoms with Gasteiger partial charge in [0.25, 0.3) is 0 Å². The van der Waals surface area contributed by atoms with Gasteiger partial charge in [-0.3, -0.25) is 4.79 Å². The number of hydrogen-bond acceptors (Lipinski definition) is 4. The molecule has 1 aliphatic rings. The van der Waals surface area contributed by atoms with Crippen LogP contribution in [0.15, 0.2) is 42.5 Å². The van der Waals surface area contributed by atoms with Crippen molar-refractivity contribution < 1.29 is 14.3 Å². The van der Waals surface area contributed by atoms with Gasteiger partial charge in [-0.2, -0.15) is 0 Å². The third kappa shape index (κ3) is 5.08. The zero-order chi connectivity index (χ0) is 19.2. The molecule has 1 heterocycles. The lowest BCUT2D eigenvalue weighted by Gasteiger charge is -2.26. The normalized spacial score (nSPS) is 16.4. The monoisotopic (exact) mass is 407 g/mol. The molecule has 1 saturated heterocycles. The molecule has 1 aliphatic heterocycles. The lowest BCUT2D eigenvalue weighted by atomic mass is 10.1. The Balaban J connectivity index is 1.61. The topological polar surface area (TPSA) is 38.8 Å². The summed E-state index contributed by atoms with van der Waals surface area (Å²) in [7, 11) is 0. The van der Waals surface area contributed by atoms with E-state index in [1.165, 1.54) is 0 Å². The van der Waals surface area contributed by atoms with E-state index in [-0.39, 0.29) is 12.0 Å². The van der Waals surface area contributed by atoms with Crippen LogP contribution in [0.5, 0.6) is 5.75 Å². The first-order valence-electron chi connectivity index (χ1n) is 9.16.